The fourth-order valence-electron chi connectivity index (χ4n) is 2.02. The summed E-state index contributed by atoms with van der Waals surface area (Å²) in [6, 6.07) is 7.17. The van der Waals surface area contributed by atoms with E-state index in [4.69, 9.17) is 0 Å². The van der Waals surface area contributed by atoms with E-state index in [0.29, 0.717) is 0 Å². The number of nitrogens with one attached hydrogen (secondary N) is 1. The van der Waals surface area contributed by atoms with Gasteiger partial charge in [-0.1, -0.05) is 12.1 Å². The van der Waals surface area contributed by atoms with Gasteiger partial charge in [0.2, 0.25) is 0 Å². The summed E-state index contributed by atoms with van der Waals surface area (Å²) in [7, 11) is 1.51. The Morgan fingerprint density at radius 1 is 1.29 bits per heavy atom. The summed E-state index contributed by atoms with van der Waals surface area (Å²) in [5.74, 6) is -1.92. The highest BCUT2D eigenvalue weighted by Crippen LogP contribution is 2.23. The van der Waals surface area contributed by atoms with E-state index < -0.39 is 17.5 Å². The van der Waals surface area contributed by atoms with E-state index in [1.807, 2.05) is 0 Å². The van der Waals surface area contributed by atoms with Crippen LogP contribution in [0.2, 0.25) is 0 Å². The van der Waals surface area contributed by atoms with Gasteiger partial charge in [-0.15, -0.1) is 0 Å². The van der Waals surface area contributed by atoms with Gasteiger partial charge < -0.3 is 10.2 Å². The second-order valence-electron chi connectivity index (χ2n) is 4.27. The lowest BCUT2D eigenvalue weighted by Crippen LogP contribution is -2.32. The molecule has 0 spiro atoms. The molecule has 1 aromatic carbocycles. The first kappa shape index (κ1) is 14.9. The molecular formula is C15H15F2N3O. The first-order valence-corrected chi connectivity index (χ1v) is 6.48. The molecule has 0 saturated carbocycles. The SMILES string of the molecule is CCN(C(=O)c1ccnc(NC)c1F)c1ccccc1F. The number of anilines is 2. The Labute approximate surface area is 121 Å². The number of hydrogen-bond acceptors (Lipinski definition) is 3. The molecule has 1 heterocycles. The Kier molecular flexibility index (Phi) is 4.47. The number of para-hydroxylation sites is 1. The molecule has 0 bridgehead atoms. The zero-order chi connectivity index (χ0) is 15.4. The molecule has 0 aliphatic carbocycles. The van der Waals surface area contributed by atoms with Gasteiger partial charge in [0.25, 0.3) is 5.91 Å². The summed E-state index contributed by atoms with van der Waals surface area (Å²) in [4.78, 5) is 17.5. The molecule has 1 N–H and O–H groups in total. The highest BCUT2D eigenvalue weighted by Gasteiger charge is 2.23. The summed E-state index contributed by atoms with van der Waals surface area (Å²) in [6.07, 6.45) is 1.33. The smallest absolute Gasteiger partial charge is 0.261 e. The van der Waals surface area contributed by atoms with Gasteiger partial charge in [0.15, 0.2) is 11.6 Å². The molecule has 0 atom stereocenters. The molecule has 0 radical (unpaired) electrons. The van der Waals surface area contributed by atoms with Crippen LogP contribution < -0.4 is 10.2 Å². The molecule has 6 heteroatoms. The Morgan fingerprint density at radius 3 is 2.62 bits per heavy atom. The van der Waals surface area contributed by atoms with E-state index in [-0.39, 0.29) is 23.6 Å². The lowest BCUT2D eigenvalue weighted by atomic mass is 10.2. The standard InChI is InChI=1S/C15H15F2N3O/c1-3-20(12-7-5-4-6-11(12)16)15(21)10-8-9-19-14(18-2)13(10)17/h4-9H,3H2,1-2H3,(H,18,19). The molecule has 1 amide bonds. The van der Waals surface area contributed by atoms with Crippen molar-refractivity contribution in [3.8, 4) is 0 Å². The van der Waals surface area contributed by atoms with Crippen LogP contribution in [0.25, 0.3) is 0 Å². The highest BCUT2D eigenvalue weighted by molar-refractivity contribution is 6.06. The van der Waals surface area contributed by atoms with Crippen molar-refractivity contribution < 1.29 is 13.6 Å². The Hall–Kier alpha value is -2.50. The van der Waals surface area contributed by atoms with Crippen molar-refractivity contribution in [1.82, 2.24) is 4.98 Å². The Bertz CT molecular complexity index is 661. The van der Waals surface area contributed by atoms with Gasteiger partial charge in [-0.3, -0.25) is 4.79 Å². The molecule has 0 saturated heterocycles. The van der Waals surface area contributed by atoms with Gasteiger partial charge in [-0.25, -0.2) is 13.8 Å². The molecule has 110 valence electrons. The lowest BCUT2D eigenvalue weighted by molar-refractivity contribution is 0.0983. The molecule has 2 rings (SSSR count). The lowest BCUT2D eigenvalue weighted by Gasteiger charge is -2.22. The van der Waals surface area contributed by atoms with Crippen LogP contribution in [0, 0.1) is 11.6 Å². The van der Waals surface area contributed by atoms with Gasteiger partial charge in [-0.05, 0) is 25.1 Å². The van der Waals surface area contributed by atoms with E-state index >= 15 is 0 Å². The van der Waals surface area contributed by atoms with Crippen molar-refractivity contribution in [2.24, 2.45) is 0 Å². The van der Waals surface area contributed by atoms with E-state index in [2.05, 4.69) is 10.3 Å². The average Bonchev–Trinajstić information content (AvgIpc) is 2.50. The molecule has 21 heavy (non-hydrogen) atoms. The topological polar surface area (TPSA) is 45.2 Å². The number of amides is 1. The normalized spacial score (nSPS) is 10.3. The number of halogens is 2. The van der Waals surface area contributed by atoms with Crippen LogP contribution in [0.4, 0.5) is 20.3 Å². The van der Waals surface area contributed by atoms with E-state index in [0.717, 1.165) is 0 Å². The van der Waals surface area contributed by atoms with Crippen LogP contribution >= 0.6 is 0 Å². The van der Waals surface area contributed by atoms with Gasteiger partial charge >= 0.3 is 0 Å². The summed E-state index contributed by atoms with van der Waals surface area (Å²) >= 11 is 0. The quantitative estimate of drug-likeness (QED) is 0.941. The van der Waals surface area contributed by atoms with Crippen molar-refractivity contribution in [1.29, 1.82) is 0 Å². The first-order chi connectivity index (χ1) is 10.1. The zero-order valence-corrected chi connectivity index (χ0v) is 11.7. The number of rotatable bonds is 4. The van der Waals surface area contributed by atoms with Crippen LogP contribution in [0.5, 0.6) is 0 Å². The minimum atomic E-state index is -0.750. The third-order valence-electron chi connectivity index (χ3n) is 3.06. The summed E-state index contributed by atoms with van der Waals surface area (Å²) in [5.41, 5.74) is -0.0355. The van der Waals surface area contributed by atoms with E-state index in [9.17, 15) is 13.6 Å². The minimum Gasteiger partial charge on any atom is -0.371 e. The molecule has 0 unspecified atom stereocenters. The van der Waals surface area contributed by atoms with Gasteiger partial charge in [0.1, 0.15) is 5.82 Å². The number of benzene rings is 1. The Balaban J connectivity index is 2.45. The highest BCUT2D eigenvalue weighted by atomic mass is 19.1. The molecule has 2 aromatic rings. The van der Waals surface area contributed by atoms with Gasteiger partial charge in [-0.2, -0.15) is 0 Å². The van der Waals surface area contributed by atoms with E-state index in [1.165, 1.54) is 42.4 Å². The minimum absolute atomic E-state index is 0.0227. The van der Waals surface area contributed by atoms with Gasteiger partial charge in [0.05, 0.1) is 11.3 Å². The number of hydrogen-bond donors (Lipinski definition) is 1. The molecule has 0 aliphatic heterocycles. The largest absolute Gasteiger partial charge is 0.371 e. The van der Waals surface area contributed by atoms with Crippen LogP contribution in [0.15, 0.2) is 36.5 Å². The number of carbonyl (C=O) groups is 1. The average molecular weight is 291 g/mol. The first-order valence-electron chi connectivity index (χ1n) is 6.48. The van der Waals surface area contributed by atoms with Crippen molar-refractivity contribution >= 4 is 17.4 Å². The summed E-state index contributed by atoms with van der Waals surface area (Å²) < 4.78 is 28.0. The van der Waals surface area contributed by atoms with Gasteiger partial charge in [0, 0.05) is 19.8 Å². The number of carbonyl (C=O) groups excluding carboxylic acids is 1. The predicted octanol–water partition coefficient (Wildman–Crippen LogP) is 3.07. The van der Waals surface area contributed by atoms with Crippen molar-refractivity contribution in [3.05, 3.63) is 53.7 Å². The third-order valence-corrected chi connectivity index (χ3v) is 3.06. The van der Waals surface area contributed by atoms with Crippen LogP contribution in [0.3, 0.4) is 0 Å². The maximum Gasteiger partial charge on any atom is 0.261 e. The van der Waals surface area contributed by atoms with Crippen molar-refractivity contribution in [2.45, 2.75) is 6.92 Å². The summed E-state index contributed by atoms with van der Waals surface area (Å²) in [5, 5.41) is 2.57. The fraction of sp³-hybridized carbons (Fsp3) is 0.200. The third kappa shape index (κ3) is 2.84. The van der Waals surface area contributed by atoms with Crippen LogP contribution in [0.1, 0.15) is 17.3 Å². The second kappa shape index (κ2) is 6.30. The summed E-state index contributed by atoms with van der Waals surface area (Å²) in [6.45, 7) is 1.92. The fourth-order valence-corrected chi connectivity index (χ4v) is 2.02. The maximum atomic E-state index is 14.2. The molecule has 1 aromatic heterocycles. The zero-order valence-electron chi connectivity index (χ0n) is 11.7. The van der Waals surface area contributed by atoms with Crippen LogP contribution in [-0.4, -0.2) is 24.5 Å². The van der Waals surface area contributed by atoms with E-state index in [1.54, 1.807) is 13.0 Å². The molecule has 4 nitrogen and oxygen atoms in total. The predicted molar refractivity (Wildman–Crippen MR) is 77.5 cm³/mol. The Morgan fingerprint density at radius 2 is 2.00 bits per heavy atom. The maximum absolute atomic E-state index is 14.2. The molecular weight excluding hydrogens is 276 g/mol. The molecule has 0 fully saturated rings. The van der Waals surface area contributed by atoms with Crippen LogP contribution in [-0.2, 0) is 0 Å². The molecule has 0 aliphatic rings. The van der Waals surface area contributed by atoms with Crippen molar-refractivity contribution in [3.63, 3.8) is 0 Å². The second-order valence-corrected chi connectivity index (χ2v) is 4.27. The monoisotopic (exact) mass is 291 g/mol. The number of nitrogens with zero attached hydrogens (tertiary/aromatic N) is 2. The number of pyridine rings is 1. The number of aromatic nitrogens is 1. The van der Waals surface area contributed by atoms with Crippen molar-refractivity contribution in [2.75, 3.05) is 23.8 Å².